The molecular weight excluding hydrogens is 198 g/mol. The summed E-state index contributed by atoms with van der Waals surface area (Å²) < 4.78 is 5.78. The van der Waals surface area contributed by atoms with Crippen LogP contribution in [0.1, 0.15) is 53.4 Å². The molecule has 1 rings (SSSR count). The molecule has 2 nitrogen and oxygen atoms in total. The maximum Gasteiger partial charge on any atom is 0.109 e. The lowest BCUT2D eigenvalue weighted by Gasteiger charge is -2.30. The highest BCUT2D eigenvalue weighted by Crippen LogP contribution is 2.26. The summed E-state index contributed by atoms with van der Waals surface area (Å²) in [5, 5.41) is 3.60. The third kappa shape index (κ3) is 5.02. The smallest absolute Gasteiger partial charge is 0.109 e. The van der Waals surface area contributed by atoms with Crippen LogP contribution in [-0.4, -0.2) is 19.2 Å². The molecule has 16 heavy (non-hydrogen) atoms. The van der Waals surface area contributed by atoms with Crippen molar-refractivity contribution in [1.82, 2.24) is 5.32 Å². The van der Waals surface area contributed by atoms with E-state index in [1.165, 1.54) is 25.0 Å². The Hall–Kier alpha value is -0.500. The Kier molecular flexibility index (Phi) is 5.33. The first kappa shape index (κ1) is 13.6. The molecule has 2 heteroatoms. The zero-order valence-electron chi connectivity index (χ0n) is 11.3. The van der Waals surface area contributed by atoms with E-state index in [1.807, 2.05) is 0 Å². The second kappa shape index (κ2) is 6.29. The van der Waals surface area contributed by atoms with Crippen molar-refractivity contribution in [1.29, 1.82) is 0 Å². The fraction of sp³-hybridized carbons (Fsp3) is 0.857. The van der Waals surface area contributed by atoms with Crippen molar-refractivity contribution in [3.05, 3.63) is 11.8 Å². The van der Waals surface area contributed by atoms with E-state index in [1.54, 1.807) is 0 Å². The fourth-order valence-electron chi connectivity index (χ4n) is 2.02. The van der Waals surface area contributed by atoms with Crippen molar-refractivity contribution in [2.75, 3.05) is 13.2 Å². The van der Waals surface area contributed by atoms with Crippen molar-refractivity contribution in [2.45, 2.75) is 59.4 Å². The van der Waals surface area contributed by atoms with Gasteiger partial charge in [0, 0.05) is 0 Å². The molecule has 1 atom stereocenters. The highest BCUT2D eigenvalue weighted by atomic mass is 16.5. The molecule has 1 unspecified atom stereocenters. The Morgan fingerprint density at radius 3 is 2.69 bits per heavy atom. The second-order valence-corrected chi connectivity index (χ2v) is 5.87. The summed E-state index contributed by atoms with van der Waals surface area (Å²) in [7, 11) is 0. The Morgan fingerprint density at radius 2 is 2.19 bits per heavy atom. The number of hydrogen-bond acceptors (Lipinski definition) is 2. The Bertz CT molecular complexity index is 227. The molecule has 1 N–H and O–H groups in total. The van der Waals surface area contributed by atoms with Crippen LogP contribution in [-0.2, 0) is 4.74 Å². The Balaban J connectivity index is 2.58. The van der Waals surface area contributed by atoms with Crippen LogP contribution in [0.2, 0.25) is 0 Å². The second-order valence-electron chi connectivity index (χ2n) is 5.87. The molecule has 0 aromatic rings. The molecule has 0 bridgehead atoms. The number of rotatable bonds is 5. The third-order valence-electron chi connectivity index (χ3n) is 2.76. The SMILES string of the molecule is CCCNC(CC(C)(C)C)C1=CCCCO1. The molecule has 0 fully saturated rings. The average molecular weight is 225 g/mol. The highest BCUT2D eigenvalue weighted by molar-refractivity contribution is 5.06. The molecule has 0 amide bonds. The van der Waals surface area contributed by atoms with Gasteiger partial charge >= 0.3 is 0 Å². The monoisotopic (exact) mass is 225 g/mol. The first-order valence-corrected chi connectivity index (χ1v) is 6.59. The molecule has 1 heterocycles. The van der Waals surface area contributed by atoms with Gasteiger partial charge in [-0.1, -0.05) is 27.7 Å². The summed E-state index contributed by atoms with van der Waals surface area (Å²) in [6.45, 7) is 11.0. The molecule has 1 aliphatic heterocycles. The predicted octanol–water partition coefficient (Wildman–Crippen LogP) is 3.49. The molecule has 0 aliphatic carbocycles. The van der Waals surface area contributed by atoms with Gasteiger partial charge in [-0.2, -0.15) is 0 Å². The minimum atomic E-state index is 0.340. The van der Waals surface area contributed by atoms with Crippen LogP contribution >= 0.6 is 0 Å². The molecule has 0 aromatic heterocycles. The van der Waals surface area contributed by atoms with E-state index >= 15 is 0 Å². The third-order valence-corrected chi connectivity index (χ3v) is 2.76. The first-order chi connectivity index (χ1) is 7.53. The predicted molar refractivity (Wildman–Crippen MR) is 69.4 cm³/mol. The number of allylic oxidation sites excluding steroid dienone is 1. The Labute approximate surface area is 100 Å². The summed E-state index contributed by atoms with van der Waals surface area (Å²) >= 11 is 0. The van der Waals surface area contributed by atoms with Crippen LogP contribution in [0.4, 0.5) is 0 Å². The normalized spacial score (nSPS) is 18.9. The lowest BCUT2D eigenvalue weighted by atomic mass is 9.87. The molecule has 0 saturated carbocycles. The molecule has 94 valence electrons. The maximum absolute atomic E-state index is 5.78. The van der Waals surface area contributed by atoms with Crippen LogP contribution in [0.15, 0.2) is 11.8 Å². The van der Waals surface area contributed by atoms with Gasteiger partial charge in [0.15, 0.2) is 0 Å². The van der Waals surface area contributed by atoms with E-state index in [0.29, 0.717) is 11.5 Å². The van der Waals surface area contributed by atoms with E-state index < -0.39 is 0 Å². The van der Waals surface area contributed by atoms with Gasteiger partial charge in [-0.05, 0) is 43.7 Å². The minimum Gasteiger partial charge on any atom is -0.497 e. The summed E-state index contributed by atoms with van der Waals surface area (Å²) in [6.07, 6.45) is 6.92. The lowest BCUT2D eigenvalue weighted by Crippen LogP contribution is -2.36. The van der Waals surface area contributed by atoms with Gasteiger partial charge in [0.05, 0.1) is 12.6 Å². The molecule has 0 saturated heterocycles. The fourth-order valence-corrected chi connectivity index (χ4v) is 2.02. The molecule has 0 spiro atoms. The van der Waals surface area contributed by atoms with Crippen molar-refractivity contribution in [3.63, 3.8) is 0 Å². The first-order valence-electron chi connectivity index (χ1n) is 6.59. The standard InChI is InChI=1S/C14H27NO/c1-5-9-15-12(11-14(2,3)4)13-8-6-7-10-16-13/h8,12,15H,5-7,9-11H2,1-4H3. The van der Waals surface area contributed by atoms with Crippen LogP contribution < -0.4 is 5.32 Å². The Morgan fingerprint density at radius 1 is 1.44 bits per heavy atom. The van der Waals surface area contributed by atoms with Crippen LogP contribution in [0.5, 0.6) is 0 Å². The van der Waals surface area contributed by atoms with Gasteiger partial charge in [0.25, 0.3) is 0 Å². The number of hydrogen-bond donors (Lipinski definition) is 1. The van der Waals surface area contributed by atoms with Crippen LogP contribution in [0, 0.1) is 5.41 Å². The topological polar surface area (TPSA) is 21.3 Å². The van der Waals surface area contributed by atoms with Crippen molar-refractivity contribution >= 4 is 0 Å². The largest absolute Gasteiger partial charge is 0.497 e. The molecule has 0 radical (unpaired) electrons. The van der Waals surface area contributed by atoms with Crippen LogP contribution in [0.3, 0.4) is 0 Å². The van der Waals surface area contributed by atoms with Crippen LogP contribution in [0.25, 0.3) is 0 Å². The molecular formula is C14H27NO. The quantitative estimate of drug-likeness (QED) is 0.773. The van der Waals surface area contributed by atoms with Crippen molar-refractivity contribution < 1.29 is 4.74 Å². The van der Waals surface area contributed by atoms with Crippen molar-refractivity contribution in [3.8, 4) is 0 Å². The lowest BCUT2D eigenvalue weighted by molar-refractivity contribution is 0.152. The average Bonchev–Trinajstić information content (AvgIpc) is 2.24. The van der Waals surface area contributed by atoms with E-state index in [4.69, 9.17) is 4.74 Å². The summed E-state index contributed by atoms with van der Waals surface area (Å²) in [5.41, 5.74) is 0.340. The van der Waals surface area contributed by atoms with Gasteiger partial charge in [-0.3, -0.25) is 0 Å². The van der Waals surface area contributed by atoms with E-state index in [9.17, 15) is 0 Å². The van der Waals surface area contributed by atoms with Gasteiger partial charge in [0.2, 0.25) is 0 Å². The number of nitrogens with one attached hydrogen (secondary N) is 1. The molecule has 0 aromatic carbocycles. The highest BCUT2D eigenvalue weighted by Gasteiger charge is 2.23. The maximum atomic E-state index is 5.78. The zero-order valence-corrected chi connectivity index (χ0v) is 11.3. The zero-order chi connectivity index (χ0) is 12.0. The van der Waals surface area contributed by atoms with Gasteiger partial charge in [-0.15, -0.1) is 0 Å². The summed E-state index contributed by atoms with van der Waals surface area (Å²) in [6, 6.07) is 0.403. The number of ether oxygens (including phenoxy) is 1. The van der Waals surface area contributed by atoms with E-state index in [0.717, 1.165) is 19.6 Å². The molecule has 1 aliphatic rings. The van der Waals surface area contributed by atoms with Gasteiger partial charge in [-0.25, -0.2) is 0 Å². The summed E-state index contributed by atoms with van der Waals surface area (Å²) in [4.78, 5) is 0. The van der Waals surface area contributed by atoms with E-state index in [-0.39, 0.29) is 0 Å². The minimum absolute atomic E-state index is 0.340. The van der Waals surface area contributed by atoms with E-state index in [2.05, 4.69) is 39.1 Å². The van der Waals surface area contributed by atoms with Gasteiger partial charge < -0.3 is 10.1 Å². The summed E-state index contributed by atoms with van der Waals surface area (Å²) in [5.74, 6) is 1.18. The van der Waals surface area contributed by atoms with Crippen molar-refractivity contribution in [2.24, 2.45) is 5.41 Å². The van der Waals surface area contributed by atoms with Gasteiger partial charge in [0.1, 0.15) is 5.76 Å².